The van der Waals surface area contributed by atoms with Gasteiger partial charge in [-0.15, -0.1) is 0 Å². The number of unbranched alkanes of at least 4 members (excludes halogenated alkanes) is 1. The van der Waals surface area contributed by atoms with Crippen LogP contribution in [0.4, 0.5) is 0 Å². The standard InChI is InChI=1S/C13H27N3O/c1-10(2)12-13(17)16(11(3)14-12)9-7-6-8-15(4)5/h10-12,14H,6-9H2,1-5H3. The molecular weight excluding hydrogens is 214 g/mol. The lowest BCUT2D eigenvalue weighted by atomic mass is 10.1. The van der Waals surface area contributed by atoms with Gasteiger partial charge in [-0.3, -0.25) is 10.1 Å². The van der Waals surface area contributed by atoms with Crippen LogP contribution in [-0.4, -0.2) is 55.1 Å². The lowest BCUT2D eigenvalue weighted by Crippen LogP contribution is -2.35. The first-order chi connectivity index (χ1) is 7.93. The highest BCUT2D eigenvalue weighted by Crippen LogP contribution is 2.17. The van der Waals surface area contributed by atoms with Crippen molar-refractivity contribution in [2.75, 3.05) is 27.2 Å². The van der Waals surface area contributed by atoms with Crippen LogP contribution in [0, 0.1) is 5.92 Å². The van der Waals surface area contributed by atoms with E-state index in [1.54, 1.807) is 0 Å². The summed E-state index contributed by atoms with van der Waals surface area (Å²) in [7, 11) is 4.17. The third-order valence-corrected chi connectivity index (χ3v) is 3.36. The summed E-state index contributed by atoms with van der Waals surface area (Å²) >= 11 is 0. The Bertz CT molecular complexity index is 253. The average Bonchev–Trinajstić information content (AvgIpc) is 2.50. The van der Waals surface area contributed by atoms with Crippen molar-refractivity contribution in [1.29, 1.82) is 0 Å². The molecule has 17 heavy (non-hydrogen) atoms. The highest BCUT2D eigenvalue weighted by molar-refractivity contribution is 5.84. The van der Waals surface area contributed by atoms with Crippen LogP contribution in [0.1, 0.15) is 33.6 Å². The van der Waals surface area contributed by atoms with Crippen LogP contribution in [0.25, 0.3) is 0 Å². The third kappa shape index (κ3) is 3.96. The van der Waals surface area contributed by atoms with Gasteiger partial charge in [0.1, 0.15) is 0 Å². The molecular formula is C13H27N3O. The van der Waals surface area contributed by atoms with E-state index >= 15 is 0 Å². The number of hydrogen-bond acceptors (Lipinski definition) is 3. The smallest absolute Gasteiger partial charge is 0.241 e. The fourth-order valence-corrected chi connectivity index (χ4v) is 2.28. The van der Waals surface area contributed by atoms with Crippen molar-refractivity contribution >= 4 is 5.91 Å². The second-order valence-corrected chi connectivity index (χ2v) is 5.61. The molecule has 0 aromatic heterocycles. The van der Waals surface area contributed by atoms with Crippen LogP contribution < -0.4 is 5.32 Å². The number of carbonyl (C=O) groups excluding carboxylic acids is 1. The predicted molar refractivity (Wildman–Crippen MR) is 70.7 cm³/mol. The van der Waals surface area contributed by atoms with Gasteiger partial charge in [0.05, 0.1) is 12.2 Å². The fraction of sp³-hybridized carbons (Fsp3) is 0.923. The molecule has 2 atom stereocenters. The SMILES string of the molecule is CC(C)C1NC(C)N(CCCCN(C)C)C1=O. The Morgan fingerprint density at radius 2 is 2.00 bits per heavy atom. The van der Waals surface area contributed by atoms with E-state index in [2.05, 4.69) is 45.1 Å². The van der Waals surface area contributed by atoms with E-state index in [0.29, 0.717) is 5.92 Å². The first-order valence-electron chi connectivity index (χ1n) is 6.64. The second kappa shape index (κ2) is 6.36. The topological polar surface area (TPSA) is 35.6 Å². The molecule has 0 aromatic rings. The molecule has 0 aliphatic carbocycles. The van der Waals surface area contributed by atoms with Gasteiger partial charge in [0.15, 0.2) is 0 Å². The Hall–Kier alpha value is -0.610. The molecule has 0 spiro atoms. The molecule has 0 saturated carbocycles. The number of rotatable bonds is 6. The molecule has 1 aliphatic heterocycles. The predicted octanol–water partition coefficient (Wildman–Crippen LogP) is 1.13. The molecule has 1 aliphatic rings. The fourth-order valence-electron chi connectivity index (χ4n) is 2.28. The Kier molecular flexibility index (Phi) is 5.40. The maximum Gasteiger partial charge on any atom is 0.241 e. The first kappa shape index (κ1) is 14.5. The Labute approximate surface area is 105 Å². The van der Waals surface area contributed by atoms with Crippen LogP contribution >= 0.6 is 0 Å². The molecule has 1 fully saturated rings. The lowest BCUT2D eigenvalue weighted by Gasteiger charge is -2.21. The molecule has 1 rings (SSSR count). The van der Waals surface area contributed by atoms with Gasteiger partial charge in [-0.1, -0.05) is 13.8 Å². The van der Waals surface area contributed by atoms with E-state index in [0.717, 1.165) is 25.9 Å². The largest absolute Gasteiger partial charge is 0.326 e. The van der Waals surface area contributed by atoms with Gasteiger partial charge < -0.3 is 9.80 Å². The zero-order chi connectivity index (χ0) is 13.0. The highest BCUT2D eigenvalue weighted by atomic mass is 16.2. The van der Waals surface area contributed by atoms with Crippen molar-refractivity contribution in [2.24, 2.45) is 5.92 Å². The summed E-state index contributed by atoms with van der Waals surface area (Å²) in [6.07, 6.45) is 2.42. The van der Waals surface area contributed by atoms with Crippen molar-refractivity contribution in [1.82, 2.24) is 15.1 Å². The van der Waals surface area contributed by atoms with Crippen molar-refractivity contribution in [3.8, 4) is 0 Å². The van der Waals surface area contributed by atoms with Crippen LogP contribution in [0.3, 0.4) is 0 Å². The summed E-state index contributed by atoms with van der Waals surface area (Å²) in [5.41, 5.74) is 0. The Balaban J connectivity index is 2.36. The van der Waals surface area contributed by atoms with Gasteiger partial charge in [0.2, 0.25) is 5.91 Å². The average molecular weight is 241 g/mol. The maximum atomic E-state index is 12.1. The number of nitrogens with zero attached hydrogens (tertiary/aromatic N) is 2. The van der Waals surface area contributed by atoms with E-state index in [4.69, 9.17) is 0 Å². The Morgan fingerprint density at radius 3 is 2.47 bits per heavy atom. The zero-order valence-corrected chi connectivity index (χ0v) is 11.9. The van der Waals surface area contributed by atoms with Crippen LogP contribution in [0.2, 0.25) is 0 Å². The number of amides is 1. The molecule has 0 radical (unpaired) electrons. The van der Waals surface area contributed by atoms with Crippen molar-refractivity contribution in [3.63, 3.8) is 0 Å². The molecule has 1 N–H and O–H groups in total. The number of carbonyl (C=O) groups is 1. The van der Waals surface area contributed by atoms with Crippen LogP contribution in [-0.2, 0) is 4.79 Å². The molecule has 1 amide bonds. The molecule has 4 heteroatoms. The summed E-state index contributed by atoms with van der Waals surface area (Å²) in [6, 6.07) is 0.0128. The normalized spacial score (nSPS) is 25.4. The number of hydrogen-bond donors (Lipinski definition) is 1. The van der Waals surface area contributed by atoms with Crippen LogP contribution in [0.15, 0.2) is 0 Å². The van der Waals surface area contributed by atoms with Gasteiger partial charge in [0, 0.05) is 6.54 Å². The summed E-state index contributed by atoms with van der Waals surface area (Å²) < 4.78 is 0. The van der Waals surface area contributed by atoms with E-state index in [1.165, 1.54) is 0 Å². The summed E-state index contributed by atoms with van der Waals surface area (Å²) in [4.78, 5) is 16.3. The molecule has 4 nitrogen and oxygen atoms in total. The zero-order valence-electron chi connectivity index (χ0n) is 11.9. The molecule has 1 saturated heterocycles. The van der Waals surface area contributed by atoms with Crippen molar-refractivity contribution < 1.29 is 4.79 Å². The monoisotopic (exact) mass is 241 g/mol. The Morgan fingerprint density at radius 1 is 1.35 bits per heavy atom. The van der Waals surface area contributed by atoms with E-state index in [1.807, 2.05) is 4.90 Å². The lowest BCUT2D eigenvalue weighted by molar-refractivity contribution is -0.130. The maximum absolute atomic E-state index is 12.1. The van der Waals surface area contributed by atoms with Crippen molar-refractivity contribution in [2.45, 2.75) is 45.8 Å². The molecule has 0 bridgehead atoms. The van der Waals surface area contributed by atoms with Gasteiger partial charge in [-0.2, -0.15) is 0 Å². The molecule has 1 heterocycles. The second-order valence-electron chi connectivity index (χ2n) is 5.61. The summed E-state index contributed by atoms with van der Waals surface area (Å²) in [6.45, 7) is 8.24. The highest BCUT2D eigenvalue weighted by Gasteiger charge is 2.37. The van der Waals surface area contributed by atoms with Crippen molar-refractivity contribution in [3.05, 3.63) is 0 Å². The summed E-state index contributed by atoms with van der Waals surface area (Å²) in [5.74, 6) is 0.647. The van der Waals surface area contributed by atoms with Gasteiger partial charge in [-0.05, 0) is 46.3 Å². The molecule has 2 unspecified atom stereocenters. The minimum atomic E-state index is 0.0128. The summed E-state index contributed by atoms with van der Waals surface area (Å²) in [5, 5.41) is 3.37. The van der Waals surface area contributed by atoms with Crippen LogP contribution in [0.5, 0.6) is 0 Å². The van der Waals surface area contributed by atoms with E-state index < -0.39 is 0 Å². The first-order valence-corrected chi connectivity index (χ1v) is 6.64. The van der Waals surface area contributed by atoms with Gasteiger partial charge in [-0.25, -0.2) is 0 Å². The quantitative estimate of drug-likeness (QED) is 0.708. The minimum absolute atomic E-state index is 0.0128. The van der Waals surface area contributed by atoms with Gasteiger partial charge >= 0.3 is 0 Å². The minimum Gasteiger partial charge on any atom is -0.326 e. The van der Waals surface area contributed by atoms with E-state index in [9.17, 15) is 4.79 Å². The number of nitrogens with one attached hydrogen (secondary N) is 1. The molecule has 0 aromatic carbocycles. The van der Waals surface area contributed by atoms with Gasteiger partial charge in [0.25, 0.3) is 0 Å². The third-order valence-electron chi connectivity index (χ3n) is 3.36. The van der Waals surface area contributed by atoms with E-state index in [-0.39, 0.29) is 18.1 Å². The molecule has 100 valence electrons.